The Kier molecular flexibility index (Phi) is 4.10. The topological polar surface area (TPSA) is 55.8 Å². The van der Waals surface area contributed by atoms with Gasteiger partial charge in [0, 0.05) is 6.42 Å². The molecule has 1 N–H and O–H groups in total. The first kappa shape index (κ1) is 13.9. The molecule has 0 saturated heterocycles. The summed E-state index contributed by atoms with van der Waals surface area (Å²) in [4.78, 5) is 11.8. The maximum Gasteiger partial charge on any atom is 0.311 e. The van der Waals surface area contributed by atoms with Crippen LogP contribution in [0.2, 0.25) is 0 Å². The molecule has 19 heavy (non-hydrogen) atoms. The van der Waals surface area contributed by atoms with Crippen LogP contribution in [0.5, 0.6) is 5.75 Å². The van der Waals surface area contributed by atoms with E-state index in [1.54, 1.807) is 0 Å². The van der Waals surface area contributed by atoms with Gasteiger partial charge < -0.3 is 14.6 Å². The Morgan fingerprint density at radius 1 is 1.42 bits per heavy atom. The third-order valence-corrected chi connectivity index (χ3v) is 3.59. The van der Waals surface area contributed by atoms with Gasteiger partial charge in [0.15, 0.2) is 0 Å². The van der Waals surface area contributed by atoms with Gasteiger partial charge in [0.05, 0.1) is 25.7 Å². The Hall–Kier alpha value is -1.55. The number of aliphatic hydroxyl groups is 1. The molecule has 1 aromatic carbocycles. The summed E-state index contributed by atoms with van der Waals surface area (Å²) in [5.74, 6) is -0.0494. The summed E-state index contributed by atoms with van der Waals surface area (Å²) in [7, 11) is 1.35. The van der Waals surface area contributed by atoms with Crippen molar-refractivity contribution in [1.29, 1.82) is 0 Å². The van der Waals surface area contributed by atoms with Crippen LogP contribution < -0.4 is 4.74 Å². The van der Waals surface area contributed by atoms with Crippen molar-refractivity contribution in [2.45, 2.75) is 26.4 Å². The summed E-state index contributed by atoms with van der Waals surface area (Å²) in [6.07, 6.45) is -0.00107. The van der Waals surface area contributed by atoms with E-state index >= 15 is 0 Å². The molecule has 0 amide bonds. The standard InChI is InChI=1S/C15H20O4/c1-9(2)13(15(17)18-3)14(16)11-4-5-12-10(8-11)6-7-19-12/h4-5,8-9,13-14,16H,6-7H2,1-3H3. The Balaban J connectivity index is 2.26. The van der Waals surface area contributed by atoms with E-state index in [0.717, 1.165) is 23.3 Å². The molecule has 0 spiro atoms. The van der Waals surface area contributed by atoms with Crippen molar-refractivity contribution in [2.75, 3.05) is 13.7 Å². The summed E-state index contributed by atoms with van der Waals surface area (Å²) < 4.78 is 10.2. The third-order valence-electron chi connectivity index (χ3n) is 3.59. The first-order valence-electron chi connectivity index (χ1n) is 6.56. The highest BCUT2D eigenvalue weighted by molar-refractivity contribution is 5.73. The summed E-state index contributed by atoms with van der Waals surface area (Å²) >= 11 is 0. The van der Waals surface area contributed by atoms with Crippen LogP contribution in [0.3, 0.4) is 0 Å². The number of benzene rings is 1. The Morgan fingerprint density at radius 2 is 2.16 bits per heavy atom. The molecule has 1 aliphatic rings. The van der Waals surface area contributed by atoms with Crippen LogP contribution in [0.4, 0.5) is 0 Å². The monoisotopic (exact) mass is 264 g/mol. The zero-order valence-corrected chi connectivity index (χ0v) is 11.6. The van der Waals surface area contributed by atoms with E-state index in [9.17, 15) is 9.90 Å². The lowest BCUT2D eigenvalue weighted by Gasteiger charge is -2.24. The molecule has 0 aliphatic carbocycles. The minimum atomic E-state index is -0.849. The third kappa shape index (κ3) is 2.73. The van der Waals surface area contributed by atoms with Crippen LogP contribution in [0.1, 0.15) is 31.1 Å². The first-order chi connectivity index (χ1) is 9.04. The average Bonchev–Trinajstić information content (AvgIpc) is 2.85. The van der Waals surface area contributed by atoms with E-state index in [2.05, 4.69) is 0 Å². The van der Waals surface area contributed by atoms with Gasteiger partial charge in [-0.25, -0.2) is 0 Å². The van der Waals surface area contributed by atoms with Crippen molar-refractivity contribution in [3.8, 4) is 5.75 Å². The number of rotatable bonds is 4. The number of hydrogen-bond donors (Lipinski definition) is 1. The van der Waals surface area contributed by atoms with Crippen molar-refractivity contribution in [3.05, 3.63) is 29.3 Å². The molecule has 0 radical (unpaired) electrons. The molecule has 2 rings (SSSR count). The molecule has 0 saturated carbocycles. The lowest BCUT2D eigenvalue weighted by Crippen LogP contribution is -2.28. The smallest absolute Gasteiger partial charge is 0.311 e. The first-order valence-corrected chi connectivity index (χ1v) is 6.56. The zero-order valence-electron chi connectivity index (χ0n) is 11.6. The number of hydrogen-bond acceptors (Lipinski definition) is 4. The second kappa shape index (κ2) is 5.61. The normalized spacial score (nSPS) is 16.7. The molecule has 1 heterocycles. The maximum atomic E-state index is 11.8. The van der Waals surface area contributed by atoms with Gasteiger partial charge in [0.1, 0.15) is 5.75 Å². The minimum Gasteiger partial charge on any atom is -0.493 e. The number of methoxy groups -OCH3 is 1. The molecular formula is C15H20O4. The fourth-order valence-corrected chi connectivity index (χ4v) is 2.50. The van der Waals surface area contributed by atoms with E-state index in [0.29, 0.717) is 6.61 Å². The van der Waals surface area contributed by atoms with Gasteiger partial charge in [-0.3, -0.25) is 4.79 Å². The van der Waals surface area contributed by atoms with E-state index in [1.165, 1.54) is 7.11 Å². The highest BCUT2D eigenvalue weighted by atomic mass is 16.5. The van der Waals surface area contributed by atoms with Crippen molar-refractivity contribution >= 4 is 5.97 Å². The van der Waals surface area contributed by atoms with Crippen molar-refractivity contribution in [3.63, 3.8) is 0 Å². The molecule has 0 fully saturated rings. The molecular weight excluding hydrogens is 244 g/mol. The van der Waals surface area contributed by atoms with Crippen molar-refractivity contribution in [2.24, 2.45) is 11.8 Å². The molecule has 1 aromatic rings. The largest absolute Gasteiger partial charge is 0.493 e. The summed E-state index contributed by atoms with van der Waals surface area (Å²) in [6.45, 7) is 4.49. The van der Waals surface area contributed by atoms with Gasteiger partial charge in [-0.15, -0.1) is 0 Å². The second-order valence-corrected chi connectivity index (χ2v) is 5.20. The fourth-order valence-electron chi connectivity index (χ4n) is 2.50. The van der Waals surface area contributed by atoms with Gasteiger partial charge in [0.25, 0.3) is 0 Å². The van der Waals surface area contributed by atoms with E-state index in [-0.39, 0.29) is 11.9 Å². The van der Waals surface area contributed by atoms with E-state index in [4.69, 9.17) is 9.47 Å². The predicted molar refractivity (Wildman–Crippen MR) is 70.9 cm³/mol. The van der Waals surface area contributed by atoms with E-state index < -0.39 is 12.0 Å². The maximum absolute atomic E-state index is 11.8. The number of aliphatic hydroxyl groups excluding tert-OH is 1. The van der Waals surface area contributed by atoms with Gasteiger partial charge >= 0.3 is 5.97 Å². The SMILES string of the molecule is COC(=O)C(C(C)C)C(O)c1ccc2c(c1)CCO2. The number of carbonyl (C=O) groups excluding carboxylic acids is 1. The molecule has 2 atom stereocenters. The van der Waals surface area contributed by atoms with E-state index in [1.807, 2.05) is 32.0 Å². The number of fused-ring (bicyclic) bond motifs is 1. The van der Waals surface area contributed by atoms with Crippen molar-refractivity contribution in [1.82, 2.24) is 0 Å². The van der Waals surface area contributed by atoms with Crippen molar-refractivity contribution < 1.29 is 19.4 Å². The lowest BCUT2D eigenvalue weighted by molar-refractivity contribution is -0.152. The van der Waals surface area contributed by atoms with Gasteiger partial charge in [-0.05, 0) is 29.2 Å². The van der Waals surface area contributed by atoms with Gasteiger partial charge in [-0.2, -0.15) is 0 Å². The molecule has 104 valence electrons. The lowest BCUT2D eigenvalue weighted by atomic mass is 9.86. The van der Waals surface area contributed by atoms with Crippen LogP contribution in [-0.2, 0) is 16.0 Å². The fraction of sp³-hybridized carbons (Fsp3) is 0.533. The number of esters is 1. The van der Waals surface area contributed by atoms with Crippen LogP contribution in [0.15, 0.2) is 18.2 Å². The Labute approximate surface area is 113 Å². The predicted octanol–water partition coefficient (Wildman–Crippen LogP) is 2.10. The van der Waals surface area contributed by atoms with Crippen LogP contribution in [0, 0.1) is 11.8 Å². The molecule has 4 nitrogen and oxygen atoms in total. The molecule has 4 heteroatoms. The molecule has 1 aliphatic heterocycles. The number of carbonyl (C=O) groups is 1. The zero-order chi connectivity index (χ0) is 14.0. The summed E-state index contributed by atoms with van der Waals surface area (Å²) in [6, 6.07) is 5.59. The van der Waals surface area contributed by atoms with Crippen LogP contribution >= 0.6 is 0 Å². The van der Waals surface area contributed by atoms with Crippen LogP contribution in [0.25, 0.3) is 0 Å². The van der Waals surface area contributed by atoms with Gasteiger partial charge in [0.2, 0.25) is 0 Å². The summed E-state index contributed by atoms with van der Waals surface area (Å²) in [5, 5.41) is 10.4. The Morgan fingerprint density at radius 3 is 2.79 bits per heavy atom. The second-order valence-electron chi connectivity index (χ2n) is 5.20. The molecule has 2 unspecified atom stereocenters. The minimum absolute atomic E-state index is 0.00644. The van der Waals surface area contributed by atoms with Crippen LogP contribution in [-0.4, -0.2) is 24.8 Å². The molecule has 0 aromatic heterocycles. The summed E-state index contributed by atoms with van der Waals surface area (Å²) in [5.41, 5.74) is 1.83. The highest BCUT2D eigenvalue weighted by Crippen LogP contribution is 2.33. The highest BCUT2D eigenvalue weighted by Gasteiger charge is 2.32. The average molecular weight is 264 g/mol. The quantitative estimate of drug-likeness (QED) is 0.846. The Bertz CT molecular complexity index is 467. The van der Waals surface area contributed by atoms with Gasteiger partial charge in [-0.1, -0.05) is 19.9 Å². The molecule has 0 bridgehead atoms. The number of ether oxygens (including phenoxy) is 2.